The van der Waals surface area contributed by atoms with Gasteiger partial charge in [-0.1, -0.05) is 19.6 Å². The SMILES string of the molecule is C[Si](C)(C)CCOCn1ccc2c(NC3CCCN(C(=O)O)C3)c(-c3cscn3)cnc21. The lowest BCUT2D eigenvalue weighted by Gasteiger charge is -2.32. The Labute approximate surface area is 193 Å². The fraction of sp³-hybridized carbons (Fsp3) is 0.500. The number of carbonyl (C=O) groups is 1. The number of piperidine rings is 1. The molecule has 32 heavy (non-hydrogen) atoms. The maximum absolute atomic E-state index is 11.5. The summed E-state index contributed by atoms with van der Waals surface area (Å²) in [7, 11) is -1.13. The van der Waals surface area contributed by atoms with Gasteiger partial charge in [-0.25, -0.2) is 14.8 Å². The molecule has 3 aromatic rings. The Balaban J connectivity index is 1.60. The summed E-state index contributed by atoms with van der Waals surface area (Å²) in [5, 5.41) is 16.1. The van der Waals surface area contributed by atoms with Crippen LogP contribution in [0.25, 0.3) is 22.3 Å². The first kappa shape index (κ1) is 22.7. The fourth-order valence-electron chi connectivity index (χ4n) is 3.95. The third kappa shape index (κ3) is 5.30. The van der Waals surface area contributed by atoms with E-state index in [9.17, 15) is 9.90 Å². The molecular formula is C22H31N5O3SSi. The summed E-state index contributed by atoms with van der Waals surface area (Å²) < 4.78 is 7.98. The zero-order valence-corrected chi connectivity index (χ0v) is 20.7. The van der Waals surface area contributed by atoms with Gasteiger partial charge < -0.3 is 24.6 Å². The first-order valence-corrected chi connectivity index (χ1v) is 15.7. The molecule has 0 radical (unpaired) electrons. The van der Waals surface area contributed by atoms with Crippen LogP contribution >= 0.6 is 11.3 Å². The summed E-state index contributed by atoms with van der Waals surface area (Å²) in [6.45, 7) is 9.31. The van der Waals surface area contributed by atoms with E-state index in [1.165, 1.54) is 4.90 Å². The van der Waals surface area contributed by atoms with Crippen LogP contribution in [0.1, 0.15) is 12.8 Å². The van der Waals surface area contributed by atoms with Crippen LogP contribution in [0.5, 0.6) is 0 Å². The van der Waals surface area contributed by atoms with Crippen LogP contribution in [-0.2, 0) is 11.5 Å². The minimum atomic E-state index is -1.13. The van der Waals surface area contributed by atoms with Gasteiger partial charge in [0.2, 0.25) is 0 Å². The van der Waals surface area contributed by atoms with E-state index in [2.05, 4.69) is 36.0 Å². The van der Waals surface area contributed by atoms with Crippen molar-refractivity contribution in [3.05, 3.63) is 29.4 Å². The molecule has 10 heteroatoms. The molecule has 0 aromatic carbocycles. The molecule has 172 valence electrons. The number of likely N-dealkylation sites (tertiary alicyclic amines) is 1. The fourth-order valence-corrected chi connectivity index (χ4v) is 5.26. The highest BCUT2D eigenvalue weighted by molar-refractivity contribution is 7.07. The highest BCUT2D eigenvalue weighted by Crippen LogP contribution is 2.35. The number of thiazole rings is 1. The first-order valence-electron chi connectivity index (χ1n) is 11.0. The van der Waals surface area contributed by atoms with E-state index in [-0.39, 0.29) is 6.04 Å². The topological polar surface area (TPSA) is 92.5 Å². The number of hydrogen-bond acceptors (Lipinski definition) is 6. The van der Waals surface area contributed by atoms with Crippen molar-refractivity contribution >= 4 is 42.2 Å². The molecule has 0 bridgehead atoms. The van der Waals surface area contributed by atoms with E-state index in [0.717, 1.165) is 53.5 Å². The van der Waals surface area contributed by atoms with Crippen LogP contribution in [0.3, 0.4) is 0 Å². The summed E-state index contributed by atoms with van der Waals surface area (Å²) >= 11 is 1.55. The van der Waals surface area contributed by atoms with Gasteiger partial charge in [-0.2, -0.15) is 0 Å². The average Bonchev–Trinajstić information content (AvgIpc) is 3.41. The molecule has 8 nitrogen and oxygen atoms in total. The van der Waals surface area contributed by atoms with E-state index in [4.69, 9.17) is 9.72 Å². The van der Waals surface area contributed by atoms with Crippen molar-refractivity contribution in [3.8, 4) is 11.3 Å². The summed E-state index contributed by atoms with van der Waals surface area (Å²) in [5.41, 5.74) is 5.43. The van der Waals surface area contributed by atoms with Gasteiger partial charge >= 0.3 is 6.09 Å². The minimum Gasteiger partial charge on any atom is -0.465 e. The lowest BCUT2D eigenvalue weighted by Crippen LogP contribution is -2.44. The van der Waals surface area contributed by atoms with Crippen molar-refractivity contribution in [2.75, 3.05) is 25.0 Å². The molecule has 1 aliphatic heterocycles. The standard InChI is InChI=1S/C22H31N5O3SSi/c1-32(2,3)10-9-30-15-27-8-6-17-20(25-16-5-4-7-26(12-16)22(28)29)18(11-23-21(17)27)19-13-31-14-24-19/h6,8,11,13-14,16H,4-5,7,9-10,12,15H2,1-3H3,(H,23,25)(H,28,29). The van der Waals surface area contributed by atoms with E-state index >= 15 is 0 Å². The molecule has 4 heterocycles. The van der Waals surface area contributed by atoms with Gasteiger partial charge in [0.15, 0.2) is 0 Å². The van der Waals surface area contributed by atoms with Gasteiger partial charge in [-0.05, 0) is 25.0 Å². The second-order valence-corrected chi connectivity index (χ2v) is 15.8. The number of aromatic nitrogens is 3. The highest BCUT2D eigenvalue weighted by atomic mass is 32.1. The predicted octanol–water partition coefficient (Wildman–Crippen LogP) is 5.03. The zero-order chi connectivity index (χ0) is 22.7. The molecule has 1 amide bonds. The third-order valence-electron chi connectivity index (χ3n) is 5.76. The number of amides is 1. The van der Waals surface area contributed by atoms with Gasteiger partial charge in [0.05, 0.1) is 16.9 Å². The molecule has 0 spiro atoms. The molecule has 1 unspecified atom stereocenters. The second kappa shape index (κ2) is 9.59. The molecule has 3 aromatic heterocycles. The van der Waals surface area contributed by atoms with Crippen molar-refractivity contribution in [1.82, 2.24) is 19.4 Å². The summed E-state index contributed by atoms with van der Waals surface area (Å²) in [6, 6.07) is 3.22. The van der Waals surface area contributed by atoms with Gasteiger partial charge in [0.25, 0.3) is 0 Å². The van der Waals surface area contributed by atoms with Crippen molar-refractivity contribution in [3.63, 3.8) is 0 Å². The third-order valence-corrected chi connectivity index (χ3v) is 8.05. The Morgan fingerprint density at radius 3 is 2.94 bits per heavy atom. The maximum Gasteiger partial charge on any atom is 0.407 e. The largest absolute Gasteiger partial charge is 0.465 e. The lowest BCUT2D eigenvalue weighted by atomic mass is 10.0. The van der Waals surface area contributed by atoms with E-state index in [1.807, 2.05) is 27.9 Å². The zero-order valence-electron chi connectivity index (χ0n) is 18.9. The summed E-state index contributed by atoms with van der Waals surface area (Å²) in [4.78, 5) is 22.2. The van der Waals surface area contributed by atoms with E-state index in [1.54, 1.807) is 11.3 Å². The normalized spacial score (nSPS) is 17.1. The van der Waals surface area contributed by atoms with Crippen LogP contribution in [0.4, 0.5) is 10.5 Å². The molecule has 2 N–H and O–H groups in total. The van der Waals surface area contributed by atoms with Crippen molar-refractivity contribution in [2.24, 2.45) is 0 Å². The molecule has 1 saturated heterocycles. The van der Waals surface area contributed by atoms with Crippen LogP contribution in [0.2, 0.25) is 25.7 Å². The molecular weight excluding hydrogens is 442 g/mol. The van der Waals surface area contributed by atoms with Gasteiger partial charge in [0.1, 0.15) is 12.4 Å². The number of rotatable bonds is 8. The Hall–Kier alpha value is -2.43. The van der Waals surface area contributed by atoms with Crippen LogP contribution in [0.15, 0.2) is 29.4 Å². The number of nitrogens with one attached hydrogen (secondary N) is 1. The number of nitrogens with zero attached hydrogens (tertiary/aromatic N) is 4. The Morgan fingerprint density at radius 2 is 2.22 bits per heavy atom. The number of pyridine rings is 1. The molecule has 4 rings (SSSR count). The van der Waals surface area contributed by atoms with Gasteiger partial charge in [-0.15, -0.1) is 11.3 Å². The highest BCUT2D eigenvalue weighted by Gasteiger charge is 2.25. The smallest absolute Gasteiger partial charge is 0.407 e. The quantitative estimate of drug-likeness (QED) is 0.352. The first-order chi connectivity index (χ1) is 15.3. The summed E-state index contributed by atoms with van der Waals surface area (Å²) in [6.07, 6.45) is 4.77. The maximum atomic E-state index is 11.5. The molecule has 1 aliphatic rings. The Bertz CT molecular complexity index is 1060. The number of hydrogen-bond donors (Lipinski definition) is 2. The van der Waals surface area contributed by atoms with E-state index in [0.29, 0.717) is 19.8 Å². The van der Waals surface area contributed by atoms with Gasteiger partial charge in [0, 0.05) is 62.5 Å². The monoisotopic (exact) mass is 473 g/mol. The molecule has 1 fully saturated rings. The summed E-state index contributed by atoms with van der Waals surface area (Å²) in [5.74, 6) is 0. The molecule has 0 saturated carbocycles. The van der Waals surface area contributed by atoms with Crippen molar-refractivity contribution < 1.29 is 14.6 Å². The number of carboxylic acid groups (broad SMARTS) is 1. The van der Waals surface area contributed by atoms with Crippen LogP contribution in [-0.4, -0.2) is 64.4 Å². The Morgan fingerprint density at radius 1 is 1.38 bits per heavy atom. The Kier molecular flexibility index (Phi) is 6.82. The molecule has 0 aliphatic carbocycles. The van der Waals surface area contributed by atoms with Crippen LogP contribution < -0.4 is 5.32 Å². The van der Waals surface area contributed by atoms with Gasteiger partial charge in [-0.3, -0.25) is 0 Å². The number of anilines is 1. The molecule has 1 atom stereocenters. The van der Waals surface area contributed by atoms with Crippen LogP contribution in [0, 0.1) is 0 Å². The lowest BCUT2D eigenvalue weighted by molar-refractivity contribution is 0.0899. The second-order valence-electron chi connectivity index (χ2n) is 9.50. The van der Waals surface area contributed by atoms with E-state index < -0.39 is 14.2 Å². The number of ether oxygens (including phenoxy) is 1. The average molecular weight is 474 g/mol. The minimum absolute atomic E-state index is 0.0409. The predicted molar refractivity (Wildman–Crippen MR) is 131 cm³/mol. The van der Waals surface area contributed by atoms with Crippen molar-refractivity contribution in [1.29, 1.82) is 0 Å². The van der Waals surface area contributed by atoms with Crippen molar-refractivity contribution in [2.45, 2.75) is 51.3 Å². The number of fused-ring (bicyclic) bond motifs is 1.